The smallest absolute Gasteiger partial charge is 0.124 e. The fraction of sp³-hybridized carbons (Fsp3) is 0.571. The van der Waals surface area contributed by atoms with E-state index in [1.807, 2.05) is 32.9 Å². The van der Waals surface area contributed by atoms with E-state index in [1.54, 1.807) is 13.2 Å². The van der Waals surface area contributed by atoms with Crippen LogP contribution in [0.25, 0.3) is 0 Å². The maximum Gasteiger partial charge on any atom is 0.124 e. The van der Waals surface area contributed by atoms with Crippen LogP contribution >= 0.6 is 0 Å². The quantitative estimate of drug-likeness (QED) is 0.726. The van der Waals surface area contributed by atoms with Crippen LogP contribution < -0.4 is 10.1 Å². The van der Waals surface area contributed by atoms with Crippen molar-refractivity contribution in [3.8, 4) is 11.5 Å². The van der Waals surface area contributed by atoms with Crippen molar-refractivity contribution < 1.29 is 14.9 Å². The van der Waals surface area contributed by atoms with Crippen LogP contribution in [0.5, 0.6) is 11.5 Å². The van der Waals surface area contributed by atoms with Gasteiger partial charge in [-0.15, -0.1) is 0 Å². The second kappa shape index (κ2) is 6.07. The Balaban J connectivity index is 2.70. The molecule has 0 fully saturated rings. The van der Waals surface area contributed by atoms with Crippen LogP contribution in [0.3, 0.4) is 0 Å². The van der Waals surface area contributed by atoms with E-state index >= 15 is 0 Å². The summed E-state index contributed by atoms with van der Waals surface area (Å²) in [6.45, 7) is 6.76. The summed E-state index contributed by atoms with van der Waals surface area (Å²) in [5.74, 6) is 0.857. The number of phenols is 1. The molecule has 4 heteroatoms. The van der Waals surface area contributed by atoms with Gasteiger partial charge in [-0.3, -0.25) is 0 Å². The number of aliphatic hydroxyl groups is 1. The molecule has 1 atom stereocenters. The number of hydrogen-bond acceptors (Lipinski definition) is 4. The third-order valence-electron chi connectivity index (χ3n) is 3.02. The van der Waals surface area contributed by atoms with E-state index in [-0.39, 0.29) is 23.8 Å². The van der Waals surface area contributed by atoms with Crippen molar-refractivity contribution >= 4 is 0 Å². The van der Waals surface area contributed by atoms with Gasteiger partial charge in [0.25, 0.3) is 0 Å². The molecular weight excluding hydrogens is 230 g/mol. The first kappa shape index (κ1) is 14.8. The highest BCUT2D eigenvalue weighted by atomic mass is 16.5. The topological polar surface area (TPSA) is 61.7 Å². The lowest BCUT2D eigenvalue weighted by molar-refractivity contribution is 0.153. The number of hydrogen-bond donors (Lipinski definition) is 3. The first-order chi connectivity index (χ1) is 8.39. The van der Waals surface area contributed by atoms with Gasteiger partial charge >= 0.3 is 0 Å². The molecule has 0 saturated heterocycles. The molecule has 0 bridgehead atoms. The molecule has 0 aromatic heterocycles. The Morgan fingerprint density at radius 1 is 1.39 bits per heavy atom. The average molecular weight is 253 g/mol. The molecule has 1 rings (SSSR count). The fourth-order valence-electron chi connectivity index (χ4n) is 1.61. The van der Waals surface area contributed by atoms with E-state index in [0.717, 1.165) is 5.56 Å². The van der Waals surface area contributed by atoms with Crippen LogP contribution in [0.2, 0.25) is 0 Å². The van der Waals surface area contributed by atoms with Crippen molar-refractivity contribution in [2.75, 3.05) is 20.3 Å². The summed E-state index contributed by atoms with van der Waals surface area (Å²) >= 11 is 0. The summed E-state index contributed by atoms with van der Waals surface area (Å²) in [7, 11) is 1.57. The molecule has 4 nitrogen and oxygen atoms in total. The summed E-state index contributed by atoms with van der Waals surface area (Å²) in [4.78, 5) is 0. The first-order valence-electron chi connectivity index (χ1n) is 6.11. The van der Waals surface area contributed by atoms with Crippen molar-refractivity contribution in [3.05, 3.63) is 23.8 Å². The second-order valence-corrected chi connectivity index (χ2v) is 5.35. The number of ether oxygens (including phenoxy) is 1. The fourth-order valence-corrected chi connectivity index (χ4v) is 1.61. The summed E-state index contributed by atoms with van der Waals surface area (Å²) in [5, 5.41) is 22.4. The highest BCUT2D eigenvalue weighted by Crippen LogP contribution is 2.28. The molecule has 0 saturated carbocycles. The molecule has 0 aliphatic rings. The number of aromatic hydroxyl groups is 1. The number of phenolic OH excluding ortho intramolecular Hbond substituents is 1. The molecule has 0 spiro atoms. The Morgan fingerprint density at radius 2 is 2.06 bits per heavy atom. The lowest BCUT2D eigenvalue weighted by atomic mass is 9.94. The molecule has 0 heterocycles. The average Bonchev–Trinajstić information content (AvgIpc) is 2.36. The summed E-state index contributed by atoms with van der Waals surface area (Å²) in [6.07, 6.45) is 0. The van der Waals surface area contributed by atoms with E-state index in [4.69, 9.17) is 4.74 Å². The van der Waals surface area contributed by atoms with E-state index < -0.39 is 0 Å². The van der Waals surface area contributed by atoms with Gasteiger partial charge in [-0.25, -0.2) is 0 Å². The SMILES string of the molecule is COc1ccc(C(C)NCC(C)(C)CO)c(O)c1. The minimum atomic E-state index is -0.170. The minimum absolute atomic E-state index is 0.0155. The van der Waals surface area contributed by atoms with Crippen LogP contribution in [0.4, 0.5) is 0 Å². The van der Waals surface area contributed by atoms with Crippen molar-refractivity contribution in [1.29, 1.82) is 0 Å². The second-order valence-electron chi connectivity index (χ2n) is 5.35. The Labute approximate surface area is 109 Å². The Kier molecular flexibility index (Phi) is 4.99. The van der Waals surface area contributed by atoms with Gasteiger partial charge in [-0.05, 0) is 13.0 Å². The molecule has 18 heavy (non-hydrogen) atoms. The van der Waals surface area contributed by atoms with Gasteiger partial charge in [0.05, 0.1) is 7.11 Å². The molecule has 3 N–H and O–H groups in total. The van der Waals surface area contributed by atoms with Crippen LogP contribution in [0, 0.1) is 5.41 Å². The zero-order valence-electron chi connectivity index (χ0n) is 11.5. The summed E-state index contributed by atoms with van der Waals surface area (Å²) in [5.41, 5.74) is 0.653. The molecule has 1 aromatic rings. The minimum Gasteiger partial charge on any atom is -0.507 e. The number of nitrogens with one attached hydrogen (secondary N) is 1. The molecular formula is C14H23NO3. The third kappa shape index (κ3) is 3.89. The maximum absolute atomic E-state index is 9.91. The van der Waals surface area contributed by atoms with Crippen molar-refractivity contribution in [1.82, 2.24) is 5.32 Å². The van der Waals surface area contributed by atoms with Gasteiger partial charge in [0.1, 0.15) is 11.5 Å². The normalized spacial score (nSPS) is 13.4. The lowest BCUT2D eigenvalue weighted by Gasteiger charge is -2.25. The van der Waals surface area contributed by atoms with E-state index in [2.05, 4.69) is 5.32 Å². The molecule has 1 aromatic carbocycles. The monoisotopic (exact) mass is 253 g/mol. The van der Waals surface area contributed by atoms with Gasteiger partial charge in [0, 0.05) is 36.2 Å². The Morgan fingerprint density at radius 3 is 2.56 bits per heavy atom. The zero-order valence-corrected chi connectivity index (χ0v) is 11.5. The number of rotatable bonds is 6. The maximum atomic E-state index is 9.91. The molecule has 0 amide bonds. The summed E-state index contributed by atoms with van der Waals surface area (Å²) < 4.78 is 5.05. The molecule has 0 aliphatic heterocycles. The lowest BCUT2D eigenvalue weighted by Crippen LogP contribution is -2.33. The van der Waals surface area contributed by atoms with E-state index in [0.29, 0.717) is 12.3 Å². The highest BCUT2D eigenvalue weighted by Gasteiger charge is 2.18. The standard InChI is InChI=1S/C14H23NO3/c1-10(15-8-14(2,3)9-16)12-6-5-11(18-4)7-13(12)17/h5-7,10,15-17H,8-9H2,1-4H3. The van der Waals surface area contributed by atoms with Crippen molar-refractivity contribution in [2.24, 2.45) is 5.41 Å². The number of methoxy groups -OCH3 is 1. The van der Waals surface area contributed by atoms with E-state index in [9.17, 15) is 10.2 Å². The molecule has 0 radical (unpaired) electrons. The van der Waals surface area contributed by atoms with Gasteiger partial charge in [0.15, 0.2) is 0 Å². The summed E-state index contributed by atoms with van der Waals surface area (Å²) in [6, 6.07) is 5.29. The highest BCUT2D eigenvalue weighted by molar-refractivity contribution is 5.41. The molecule has 102 valence electrons. The molecule has 1 unspecified atom stereocenters. The van der Waals surface area contributed by atoms with Crippen LogP contribution in [0.15, 0.2) is 18.2 Å². The zero-order chi connectivity index (χ0) is 13.8. The largest absolute Gasteiger partial charge is 0.507 e. The number of aliphatic hydroxyl groups excluding tert-OH is 1. The van der Waals surface area contributed by atoms with E-state index in [1.165, 1.54) is 0 Å². The van der Waals surface area contributed by atoms with Gasteiger partial charge in [0.2, 0.25) is 0 Å². The predicted molar refractivity (Wildman–Crippen MR) is 71.9 cm³/mol. The Bertz CT molecular complexity index is 391. The van der Waals surface area contributed by atoms with Crippen LogP contribution in [-0.4, -0.2) is 30.5 Å². The first-order valence-corrected chi connectivity index (χ1v) is 6.11. The molecule has 0 aliphatic carbocycles. The number of benzene rings is 1. The van der Waals surface area contributed by atoms with Gasteiger partial charge in [-0.1, -0.05) is 19.9 Å². The Hall–Kier alpha value is -1.26. The van der Waals surface area contributed by atoms with Gasteiger partial charge < -0.3 is 20.3 Å². The van der Waals surface area contributed by atoms with Crippen molar-refractivity contribution in [2.45, 2.75) is 26.8 Å². The van der Waals surface area contributed by atoms with Crippen molar-refractivity contribution in [3.63, 3.8) is 0 Å². The van der Waals surface area contributed by atoms with Gasteiger partial charge in [-0.2, -0.15) is 0 Å². The van der Waals surface area contributed by atoms with Crippen LogP contribution in [0.1, 0.15) is 32.4 Å². The van der Waals surface area contributed by atoms with Crippen LogP contribution in [-0.2, 0) is 0 Å². The predicted octanol–water partition coefficient (Wildman–Crippen LogP) is 2.07. The third-order valence-corrected chi connectivity index (χ3v) is 3.02.